The van der Waals surface area contributed by atoms with Gasteiger partial charge in [-0.05, 0) is 54.9 Å². The van der Waals surface area contributed by atoms with Gasteiger partial charge in [0.25, 0.3) is 0 Å². The Balaban J connectivity index is 1.65. The van der Waals surface area contributed by atoms with Crippen LogP contribution in [0.5, 0.6) is 0 Å². The average Bonchev–Trinajstić information content (AvgIpc) is 2.92. The number of rotatable bonds is 4. The number of likely N-dealkylation sites (tertiary alicyclic amines) is 1. The summed E-state index contributed by atoms with van der Waals surface area (Å²) in [6.45, 7) is 3.43. The highest BCUT2D eigenvalue weighted by molar-refractivity contribution is 5.62. The second kappa shape index (κ2) is 6.22. The second-order valence-corrected chi connectivity index (χ2v) is 5.86. The molecule has 21 heavy (non-hydrogen) atoms. The van der Waals surface area contributed by atoms with Crippen molar-refractivity contribution >= 4 is 5.69 Å². The van der Waals surface area contributed by atoms with E-state index in [0.29, 0.717) is 0 Å². The van der Waals surface area contributed by atoms with Crippen LogP contribution in [0.4, 0.5) is 5.69 Å². The number of tetrazole rings is 1. The Morgan fingerprint density at radius 2 is 2.24 bits per heavy atom. The van der Waals surface area contributed by atoms with Crippen molar-refractivity contribution in [2.24, 2.45) is 13.0 Å². The average molecular weight is 286 g/mol. The third kappa shape index (κ3) is 3.39. The van der Waals surface area contributed by atoms with Gasteiger partial charge in [-0.25, -0.2) is 4.68 Å². The molecule has 2 heterocycles. The number of anilines is 1. The van der Waals surface area contributed by atoms with E-state index in [1.54, 1.807) is 4.68 Å². The molecule has 1 N–H and O–H groups in total. The predicted octanol–water partition coefficient (Wildman–Crippen LogP) is 1.63. The molecule has 1 aromatic heterocycles. The fourth-order valence-electron chi connectivity index (χ4n) is 2.94. The molecule has 0 radical (unpaired) electrons. The van der Waals surface area contributed by atoms with Crippen molar-refractivity contribution in [1.29, 1.82) is 0 Å². The van der Waals surface area contributed by atoms with Gasteiger partial charge in [0, 0.05) is 31.4 Å². The molecule has 1 saturated heterocycles. The van der Waals surface area contributed by atoms with E-state index in [2.05, 4.69) is 44.9 Å². The zero-order chi connectivity index (χ0) is 14.7. The molecule has 1 aromatic carbocycles. The lowest BCUT2D eigenvalue weighted by molar-refractivity contribution is 0.217. The summed E-state index contributed by atoms with van der Waals surface area (Å²) in [7, 11) is 4.06. The van der Waals surface area contributed by atoms with E-state index in [1.807, 2.05) is 19.2 Å². The summed E-state index contributed by atoms with van der Waals surface area (Å²) in [5, 5.41) is 15.2. The minimum atomic E-state index is 0.726. The zero-order valence-corrected chi connectivity index (χ0v) is 12.7. The van der Waals surface area contributed by atoms with E-state index in [1.165, 1.54) is 25.9 Å². The summed E-state index contributed by atoms with van der Waals surface area (Å²) in [5.74, 6) is 1.51. The molecule has 0 amide bonds. The van der Waals surface area contributed by atoms with Crippen LogP contribution in [0.3, 0.4) is 0 Å². The molecule has 6 heteroatoms. The minimum absolute atomic E-state index is 0.726. The molecule has 6 nitrogen and oxygen atoms in total. The number of aromatic nitrogens is 4. The van der Waals surface area contributed by atoms with Crippen molar-refractivity contribution in [1.82, 2.24) is 25.1 Å². The van der Waals surface area contributed by atoms with Crippen LogP contribution in [-0.2, 0) is 7.05 Å². The van der Waals surface area contributed by atoms with E-state index in [-0.39, 0.29) is 0 Å². The molecule has 2 aromatic rings. The van der Waals surface area contributed by atoms with Crippen LogP contribution < -0.4 is 5.32 Å². The smallest absolute Gasteiger partial charge is 0.181 e. The molecule has 0 bridgehead atoms. The number of nitrogens with one attached hydrogen (secondary N) is 1. The van der Waals surface area contributed by atoms with Gasteiger partial charge >= 0.3 is 0 Å². The second-order valence-electron chi connectivity index (χ2n) is 5.86. The molecule has 0 spiro atoms. The van der Waals surface area contributed by atoms with Crippen LogP contribution in [0.15, 0.2) is 24.3 Å². The largest absolute Gasteiger partial charge is 0.385 e. The van der Waals surface area contributed by atoms with Gasteiger partial charge in [-0.3, -0.25) is 0 Å². The first-order chi connectivity index (χ1) is 10.2. The normalized spacial score (nSPS) is 19.6. The van der Waals surface area contributed by atoms with Crippen LogP contribution in [-0.4, -0.2) is 51.8 Å². The highest BCUT2D eigenvalue weighted by Gasteiger charge is 2.16. The Bertz CT molecular complexity index is 593. The monoisotopic (exact) mass is 286 g/mol. The van der Waals surface area contributed by atoms with Crippen molar-refractivity contribution in [2.75, 3.05) is 32.0 Å². The molecule has 0 saturated carbocycles. The molecule has 3 rings (SSSR count). The number of hydrogen-bond acceptors (Lipinski definition) is 5. The van der Waals surface area contributed by atoms with E-state index in [4.69, 9.17) is 0 Å². The Morgan fingerprint density at radius 3 is 3.00 bits per heavy atom. The lowest BCUT2D eigenvalue weighted by atomic mass is 9.98. The SMILES string of the molecule is CN1CCCC(CNc2cccc(-c3nnnn3C)c2)C1. The van der Waals surface area contributed by atoms with E-state index in [0.717, 1.165) is 29.5 Å². The standard InChI is InChI=1S/C15H22N6/c1-20-8-4-5-12(11-20)10-16-14-7-3-6-13(9-14)15-17-18-19-21(15)2/h3,6-7,9,12,16H,4-5,8,10-11H2,1-2H3. The first-order valence-corrected chi connectivity index (χ1v) is 7.47. The topological polar surface area (TPSA) is 58.9 Å². The van der Waals surface area contributed by atoms with Gasteiger partial charge < -0.3 is 10.2 Å². The van der Waals surface area contributed by atoms with Gasteiger partial charge in [0.15, 0.2) is 5.82 Å². The van der Waals surface area contributed by atoms with E-state index in [9.17, 15) is 0 Å². The molecular weight excluding hydrogens is 264 g/mol. The van der Waals surface area contributed by atoms with Crippen LogP contribution in [0.2, 0.25) is 0 Å². The number of nitrogens with zero attached hydrogens (tertiary/aromatic N) is 5. The van der Waals surface area contributed by atoms with Crippen molar-refractivity contribution in [3.8, 4) is 11.4 Å². The lowest BCUT2D eigenvalue weighted by Gasteiger charge is -2.30. The van der Waals surface area contributed by atoms with Gasteiger partial charge in [0.2, 0.25) is 0 Å². The van der Waals surface area contributed by atoms with Gasteiger partial charge in [-0.15, -0.1) is 5.10 Å². The lowest BCUT2D eigenvalue weighted by Crippen LogP contribution is -2.35. The number of hydrogen-bond donors (Lipinski definition) is 1. The number of piperidine rings is 1. The highest BCUT2D eigenvalue weighted by atomic mass is 15.5. The van der Waals surface area contributed by atoms with Gasteiger partial charge in [-0.2, -0.15) is 0 Å². The van der Waals surface area contributed by atoms with Gasteiger partial charge in [0.05, 0.1) is 0 Å². The number of benzene rings is 1. The summed E-state index contributed by atoms with van der Waals surface area (Å²) in [5.41, 5.74) is 2.16. The fourth-order valence-corrected chi connectivity index (χ4v) is 2.94. The highest BCUT2D eigenvalue weighted by Crippen LogP contribution is 2.21. The maximum atomic E-state index is 4.05. The van der Waals surface area contributed by atoms with Crippen molar-refractivity contribution in [3.63, 3.8) is 0 Å². The minimum Gasteiger partial charge on any atom is -0.385 e. The zero-order valence-electron chi connectivity index (χ0n) is 12.7. The summed E-state index contributed by atoms with van der Waals surface area (Å²) in [6.07, 6.45) is 2.61. The first kappa shape index (κ1) is 14.0. The summed E-state index contributed by atoms with van der Waals surface area (Å²) < 4.78 is 1.69. The summed E-state index contributed by atoms with van der Waals surface area (Å²) in [4.78, 5) is 2.41. The van der Waals surface area contributed by atoms with Crippen molar-refractivity contribution < 1.29 is 0 Å². The molecule has 0 aliphatic carbocycles. The quantitative estimate of drug-likeness (QED) is 0.925. The Labute approximate surface area is 125 Å². The van der Waals surface area contributed by atoms with E-state index >= 15 is 0 Å². The Kier molecular flexibility index (Phi) is 4.15. The first-order valence-electron chi connectivity index (χ1n) is 7.47. The molecule has 1 unspecified atom stereocenters. The van der Waals surface area contributed by atoms with Gasteiger partial charge in [0.1, 0.15) is 0 Å². The Hall–Kier alpha value is -1.95. The molecular formula is C15H22N6. The Morgan fingerprint density at radius 1 is 1.33 bits per heavy atom. The number of aryl methyl sites for hydroxylation is 1. The molecule has 112 valence electrons. The summed E-state index contributed by atoms with van der Waals surface area (Å²) in [6, 6.07) is 8.28. The van der Waals surface area contributed by atoms with Crippen molar-refractivity contribution in [2.45, 2.75) is 12.8 Å². The van der Waals surface area contributed by atoms with Crippen LogP contribution in [0.25, 0.3) is 11.4 Å². The molecule has 1 aliphatic heterocycles. The van der Waals surface area contributed by atoms with Crippen LogP contribution >= 0.6 is 0 Å². The third-order valence-electron chi connectivity index (χ3n) is 4.06. The van der Waals surface area contributed by atoms with Crippen LogP contribution in [0.1, 0.15) is 12.8 Å². The summed E-state index contributed by atoms with van der Waals surface area (Å²) >= 11 is 0. The maximum Gasteiger partial charge on any atom is 0.181 e. The van der Waals surface area contributed by atoms with E-state index < -0.39 is 0 Å². The molecule has 1 aliphatic rings. The maximum absolute atomic E-state index is 4.05. The molecule has 1 atom stereocenters. The van der Waals surface area contributed by atoms with Gasteiger partial charge in [-0.1, -0.05) is 12.1 Å². The van der Waals surface area contributed by atoms with Crippen LogP contribution in [0, 0.1) is 5.92 Å². The fraction of sp³-hybridized carbons (Fsp3) is 0.533. The molecule has 1 fully saturated rings. The predicted molar refractivity (Wildman–Crippen MR) is 82.9 cm³/mol. The third-order valence-corrected chi connectivity index (χ3v) is 4.06. The van der Waals surface area contributed by atoms with Crippen molar-refractivity contribution in [3.05, 3.63) is 24.3 Å².